The minimum Gasteiger partial charge on any atom is -0.457 e. The number of fused-ring (bicyclic) bond motifs is 1. The molecule has 4 aromatic rings. The Hall–Kier alpha value is -4.91. The summed E-state index contributed by atoms with van der Waals surface area (Å²) in [5, 5.41) is 21.5. The van der Waals surface area contributed by atoms with E-state index in [1.54, 1.807) is 15.7 Å². The Morgan fingerprint density at radius 3 is 2.62 bits per heavy atom. The van der Waals surface area contributed by atoms with Gasteiger partial charge in [0.05, 0.1) is 11.4 Å². The number of nitrogens with zero attached hydrogens (tertiary/aromatic N) is 5. The van der Waals surface area contributed by atoms with E-state index in [4.69, 9.17) is 15.6 Å². The van der Waals surface area contributed by atoms with Gasteiger partial charge in [0.25, 0.3) is 11.5 Å². The Morgan fingerprint density at radius 1 is 1.12 bits per heavy atom. The van der Waals surface area contributed by atoms with E-state index >= 15 is 0 Å². The van der Waals surface area contributed by atoms with Crippen LogP contribution in [0, 0.1) is 17.2 Å². The summed E-state index contributed by atoms with van der Waals surface area (Å²) in [6, 6.07) is 18.8. The fourth-order valence-electron chi connectivity index (χ4n) is 5.64. The molecular formula is C32H33N7O3. The highest BCUT2D eigenvalue weighted by Crippen LogP contribution is 2.35. The van der Waals surface area contributed by atoms with Crippen LogP contribution in [0.2, 0.25) is 0 Å². The van der Waals surface area contributed by atoms with Gasteiger partial charge >= 0.3 is 0 Å². The van der Waals surface area contributed by atoms with Crippen LogP contribution in [-0.4, -0.2) is 43.9 Å². The van der Waals surface area contributed by atoms with Crippen molar-refractivity contribution in [3.8, 4) is 28.8 Å². The van der Waals surface area contributed by atoms with Crippen molar-refractivity contribution >= 4 is 22.6 Å². The number of nitrogens with two attached hydrogens (primary N) is 1. The average molecular weight is 564 g/mol. The van der Waals surface area contributed by atoms with E-state index in [2.05, 4.69) is 16.3 Å². The normalized spacial score (nSPS) is 17.3. The molecule has 1 aliphatic heterocycles. The maximum atomic E-state index is 13.3. The summed E-state index contributed by atoms with van der Waals surface area (Å²) < 4.78 is 7.61. The van der Waals surface area contributed by atoms with E-state index < -0.39 is 5.56 Å². The van der Waals surface area contributed by atoms with Crippen LogP contribution in [0.5, 0.6) is 11.5 Å². The molecule has 1 aliphatic carbocycles. The zero-order valence-corrected chi connectivity index (χ0v) is 23.3. The van der Waals surface area contributed by atoms with E-state index in [9.17, 15) is 14.9 Å². The Labute approximate surface area is 243 Å². The molecule has 2 aromatic heterocycles. The standard InChI is InChI=1S/C32H33N7O3/c33-19-23(8-5-4-7-21-12-13-21)32(41)38-18-6-9-24(20-38)39-29-27(30(34)35-36-31(29)40)28(37-39)22-14-16-26(17-15-22)42-25-10-2-1-3-11-25/h1-3,8,10-11,14-17,21,24H,4-7,9,12-13,18,20H2,(H2,34,35)(H,36,40)/b23-8+/t24-/m1/s1. The number of amides is 1. The number of aromatic amines is 1. The third-order valence-electron chi connectivity index (χ3n) is 8.01. The van der Waals surface area contributed by atoms with E-state index in [0.717, 1.165) is 49.3 Å². The largest absolute Gasteiger partial charge is 0.457 e. The first-order valence-corrected chi connectivity index (χ1v) is 14.5. The number of aromatic nitrogens is 4. The summed E-state index contributed by atoms with van der Waals surface area (Å²) >= 11 is 0. The number of H-pyrrole nitrogens is 1. The first kappa shape index (κ1) is 27.3. The van der Waals surface area contributed by atoms with E-state index in [1.165, 1.54) is 12.8 Å². The second-order valence-electron chi connectivity index (χ2n) is 11.0. The lowest BCUT2D eigenvalue weighted by molar-refractivity contribution is -0.128. The molecule has 1 amide bonds. The van der Waals surface area contributed by atoms with Gasteiger partial charge in [-0.15, -0.1) is 0 Å². The highest BCUT2D eigenvalue weighted by molar-refractivity contribution is 6.00. The third kappa shape index (κ3) is 5.77. The molecule has 0 spiro atoms. The summed E-state index contributed by atoms with van der Waals surface area (Å²) in [6.45, 7) is 0.882. The zero-order valence-electron chi connectivity index (χ0n) is 23.3. The number of allylic oxidation sites excluding steroid dienone is 1. The lowest BCUT2D eigenvalue weighted by Gasteiger charge is -2.33. The molecule has 2 aromatic carbocycles. The van der Waals surface area contributed by atoms with Gasteiger partial charge in [-0.2, -0.15) is 15.5 Å². The molecule has 42 heavy (non-hydrogen) atoms. The van der Waals surface area contributed by atoms with Crippen LogP contribution in [0.3, 0.4) is 0 Å². The van der Waals surface area contributed by atoms with Gasteiger partial charge in [-0.25, -0.2) is 5.10 Å². The first-order valence-electron chi connectivity index (χ1n) is 14.5. The van der Waals surface area contributed by atoms with Crippen LogP contribution < -0.4 is 16.0 Å². The summed E-state index contributed by atoms with van der Waals surface area (Å²) in [5.41, 5.74) is 7.66. The number of benzene rings is 2. The van der Waals surface area contributed by atoms with Crippen LogP contribution >= 0.6 is 0 Å². The Bertz CT molecular complexity index is 1710. The van der Waals surface area contributed by atoms with Gasteiger partial charge in [0.2, 0.25) is 0 Å². The molecule has 2 aliphatic rings. The topological polar surface area (TPSA) is 143 Å². The number of nitrogens with one attached hydrogen (secondary N) is 1. The Kier molecular flexibility index (Phi) is 7.73. The number of rotatable bonds is 9. The van der Waals surface area contributed by atoms with Gasteiger partial charge in [0, 0.05) is 18.7 Å². The lowest BCUT2D eigenvalue weighted by Crippen LogP contribution is -2.41. The van der Waals surface area contributed by atoms with Gasteiger partial charge in [0.1, 0.15) is 34.4 Å². The van der Waals surface area contributed by atoms with Crippen molar-refractivity contribution in [1.82, 2.24) is 24.9 Å². The summed E-state index contributed by atoms with van der Waals surface area (Å²) in [6.07, 6.45) is 8.68. The number of hydrogen-bond acceptors (Lipinski definition) is 7. The molecule has 1 saturated carbocycles. The fourth-order valence-corrected chi connectivity index (χ4v) is 5.64. The van der Waals surface area contributed by atoms with E-state index in [0.29, 0.717) is 35.4 Å². The summed E-state index contributed by atoms with van der Waals surface area (Å²) in [5.74, 6) is 2.11. The second kappa shape index (κ2) is 11.9. The average Bonchev–Trinajstić information content (AvgIpc) is 3.76. The minimum absolute atomic E-state index is 0.167. The third-order valence-corrected chi connectivity index (χ3v) is 8.01. The molecule has 2 fully saturated rings. The molecule has 0 unspecified atom stereocenters. The van der Waals surface area contributed by atoms with Gasteiger partial charge in [-0.1, -0.05) is 43.5 Å². The molecule has 0 radical (unpaired) electrons. The number of ether oxygens (including phenoxy) is 1. The Morgan fingerprint density at radius 2 is 1.88 bits per heavy atom. The minimum atomic E-state index is -0.404. The molecule has 6 rings (SSSR count). The number of anilines is 1. The number of carbonyl (C=O) groups is 1. The smallest absolute Gasteiger partial charge is 0.290 e. The molecule has 10 heteroatoms. The zero-order chi connectivity index (χ0) is 29.1. The van der Waals surface area contributed by atoms with Crippen molar-refractivity contribution in [3.05, 3.63) is 76.6 Å². The maximum absolute atomic E-state index is 13.3. The Balaban J connectivity index is 1.26. The number of piperidine rings is 1. The summed E-state index contributed by atoms with van der Waals surface area (Å²) in [4.78, 5) is 28.1. The monoisotopic (exact) mass is 563 g/mol. The fraction of sp³-hybridized carbons (Fsp3) is 0.344. The van der Waals surface area contributed by atoms with Gasteiger partial charge in [-0.05, 0) is 68.0 Å². The van der Waals surface area contributed by atoms with E-state index in [1.807, 2.05) is 54.6 Å². The number of unbranched alkanes of at least 4 members (excludes halogenated alkanes) is 1. The van der Waals surface area contributed by atoms with Gasteiger partial charge in [0.15, 0.2) is 5.82 Å². The van der Waals surface area contributed by atoms with E-state index in [-0.39, 0.29) is 23.3 Å². The van der Waals surface area contributed by atoms with Crippen molar-refractivity contribution in [3.63, 3.8) is 0 Å². The lowest BCUT2D eigenvalue weighted by atomic mass is 10.0. The molecule has 1 saturated heterocycles. The number of para-hydroxylation sites is 1. The predicted octanol–water partition coefficient (Wildman–Crippen LogP) is 5.35. The highest BCUT2D eigenvalue weighted by Gasteiger charge is 2.30. The van der Waals surface area contributed by atoms with Crippen LogP contribution in [0.1, 0.15) is 51.0 Å². The molecule has 3 N–H and O–H groups in total. The number of hydrogen-bond donors (Lipinski definition) is 2. The molecule has 1 atom stereocenters. The predicted molar refractivity (Wildman–Crippen MR) is 160 cm³/mol. The van der Waals surface area contributed by atoms with Crippen LogP contribution in [-0.2, 0) is 4.79 Å². The molecule has 0 bridgehead atoms. The van der Waals surface area contributed by atoms with Gasteiger partial charge in [-0.3, -0.25) is 14.3 Å². The number of nitriles is 1. The summed E-state index contributed by atoms with van der Waals surface area (Å²) in [7, 11) is 0. The van der Waals surface area contributed by atoms with Crippen molar-refractivity contribution < 1.29 is 9.53 Å². The maximum Gasteiger partial charge on any atom is 0.290 e. The van der Waals surface area contributed by atoms with Gasteiger partial charge < -0.3 is 15.4 Å². The molecule has 3 heterocycles. The van der Waals surface area contributed by atoms with Crippen molar-refractivity contribution in [2.24, 2.45) is 5.92 Å². The number of nitrogen functional groups attached to an aromatic ring is 1. The van der Waals surface area contributed by atoms with Crippen LogP contribution in [0.4, 0.5) is 5.82 Å². The van der Waals surface area contributed by atoms with Crippen molar-refractivity contribution in [1.29, 1.82) is 5.26 Å². The molecular weight excluding hydrogens is 530 g/mol. The molecule has 10 nitrogen and oxygen atoms in total. The number of likely N-dealkylation sites (tertiary alicyclic amines) is 1. The molecule has 214 valence electrons. The highest BCUT2D eigenvalue weighted by atomic mass is 16.5. The first-order chi connectivity index (χ1) is 20.5. The van der Waals surface area contributed by atoms with Crippen LogP contribution in [0.15, 0.2) is 71.0 Å². The van der Waals surface area contributed by atoms with Crippen molar-refractivity contribution in [2.45, 2.75) is 51.0 Å². The van der Waals surface area contributed by atoms with Crippen molar-refractivity contribution in [2.75, 3.05) is 18.8 Å². The quantitative estimate of drug-likeness (QED) is 0.159. The SMILES string of the molecule is N#C/C(=C\CCCC1CC1)C(=O)N1CCC[C@@H](n2nc(-c3ccc(Oc4ccccc4)cc3)c3c(N)n[nH]c(=O)c32)C1. The second-order valence-corrected chi connectivity index (χ2v) is 11.0. The number of carbonyl (C=O) groups excluding carboxylic acids is 1. The van der Waals surface area contributed by atoms with Crippen LogP contribution in [0.25, 0.3) is 22.2 Å².